The molecule has 0 saturated carbocycles. The van der Waals surface area contributed by atoms with Gasteiger partial charge in [0.25, 0.3) is 0 Å². The van der Waals surface area contributed by atoms with Crippen LogP contribution in [0, 0.1) is 0 Å². The first-order chi connectivity index (χ1) is 10.1. The molecule has 0 spiro atoms. The van der Waals surface area contributed by atoms with E-state index < -0.39 is 0 Å². The Bertz CT molecular complexity index is 731. The van der Waals surface area contributed by atoms with Crippen LogP contribution in [0.2, 0.25) is 0 Å². The lowest BCUT2D eigenvalue weighted by Gasteiger charge is -2.31. The molecule has 2 atom stereocenters. The number of ether oxygens (including phenoxy) is 1. The standard InChI is InChI=1S/C13H14BrN5O2/c14-10-9-11(15)16-3-4-18(9)12(17-10)7-1-2-8-6-21-13(20)19(8)5-7/h3-4,7-8H,1-2,5-6H2,(H2,15,16)/t7-,8+/m0/s1. The maximum atomic E-state index is 11.7. The van der Waals surface area contributed by atoms with E-state index in [4.69, 9.17) is 10.5 Å². The summed E-state index contributed by atoms with van der Waals surface area (Å²) >= 11 is 3.45. The molecule has 2 aliphatic rings. The van der Waals surface area contributed by atoms with E-state index in [0.717, 1.165) is 24.2 Å². The Morgan fingerprint density at radius 3 is 3.14 bits per heavy atom. The largest absolute Gasteiger partial charge is 0.447 e. The Labute approximate surface area is 129 Å². The Balaban J connectivity index is 1.74. The van der Waals surface area contributed by atoms with Gasteiger partial charge < -0.3 is 15.4 Å². The van der Waals surface area contributed by atoms with Crippen LogP contribution in [-0.4, -0.2) is 44.6 Å². The van der Waals surface area contributed by atoms with Gasteiger partial charge in [0.15, 0.2) is 5.82 Å². The van der Waals surface area contributed by atoms with Gasteiger partial charge in [-0.3, -0.25) is 4.40 Å². The minimum Gasteiger partial charge on any atom is -0.447 e. The van der Waals surface area contributed by atoms with E-state index in [1.54, 1.807) is 6.20 Å². The van der Waals surface area contributed by atoms with E-state index in [2.05, 4.69) is 25.9 Å². The summed E-state index contributed by atoms with van der Waals surface area (Å²) < 4.78 is 7.76. The zero-order chi connectivity index (χ0) is 14.6. The molecule has 7 nitrogen and oxygen atoms in total. The number of hydrogen-bond acceptors (Lipinski definition) is 5. The van der Waals surface area contributed by atoms with Crippen LogP contribution < -0.4 is 5.73 Å². The predicted octanol–water partition coefficient (Wildman–Crippen LogP) is 1.77. The van der Waals surface area contributed by atoms with Crippen LogP contribution in [0.15, 0.2) is 17.0 Å². The van der Waals surface area contributed by atoms with E-state index in [9.17, 15) is 4.79 Å². The molecule has 0 unspecified atom stereocenters. The molecule has 2 fully saturated rings. The van der Waals surface area contributed by atoms with Gasteiger partial charge in [0.2, 0.25) is 0 Å². The number of amides is 1. The number of halogens is 1. The van der Waals surface area contributed by atoms with Gasteiger partial charge in [0.05, 0.1) is 6.04 Å². The van der Waals surface area contributed by atoms with Crippen molar-refractivity contribution in [1.29, 1.82) is 0 Å². The Hall–Kier alpha value is -1.83. The van der Waals surface area contributed by atoms with E-state index >= 15 is 0 Å². The average Bonchev–Trinajstić information content (AvgIpc) is 3.01. The number of cyclic esters (lactones) is 1. The van der Waals surface area contributed by atoms with Gasteiger partial charge in [-0.2, -0.15) is 0 Å². The van der Waals surface area contributed by atoms with Gasteiger partial charge in [0, 0.05) is 24.9 Å². The molecule has 4 heterocycles. The van der Waals surface area contributed by atoms with Crippen LogP contribution in [0.3, 0.4) is 0 Å². The van der Waals surface area contributed by atoms with E-state index in [1.807, 2.05) is 15.5 Å². The second-order valence-electron chi connectivity index (χ2n) is 5.45. The number of rotatable bonds is 1. The second-order valence-corrected chi connectivity index (χ2v) is 6.20. The van der Waals surface area contributed by atoms with Gasteiger partial charge in [-0.05, 0) is 28.8 Å². The molecule has 2 aromatic heterocycles. The molecule has 0 radical (unpaired) electrons. The summed E-state index contributed by atoms with van der Waals surface area (Å²) in [5.41, 5.74) is 6.70. The molecule has 110 valence electrons. The monoisotopic (exact) mass is 351 g/mol. The van der Waals surface area contributed by atoms with Crippen LogP contribution in [0.1, 0.15) is 24.6 Å². The predicted molar refractivity (Wildman–Crippen MR) is 78.9 cm³/mol. The molecule has 2 aliphatic heterocycles. The SMILES string of the molecule is Nc1nccn2c([C@H]3CC[C@@H]4COC(=O)N4C3)nc(Br)c12. The minimum atomic E-state index is -0.217. The van der Waals surface area contributed by atoms with Crippen molar-refractivity contribution in [2.75, 3.05) is 18.9 Å². The Kier molecular flexibility index (Phi) is 2.81. The molecular formula is C13H14BrN5O2. The average molecular weight is 352 g/mol. The number of anilines is 1. The summed E-state index contributed by atoms with van der Waals surface area (Å²) in [5.74, 6) is 1.52. The van der Waals surface area contributed by atoms with Gasteiger partial charge in [-0.15, -0.1) is 0 Å². The van der Waals surface area contributed by atoms with Crippen LogP contribution in [0.25, 0.3) is 5.52 Å². The summed E-state index contributed by atoms with van der Waals surface area (Å²) in [4.78, 5) is 22.2. The minimum absolute atomic E-state index is 0.174. The number of piperidine rings is 1. The maximum Gasteiger partial charge on any atom is 0.410 e. The van der Waals surface area contributed by atoms with E-state index in [0.29, 0.717) is 23.6 Å². The quantitative estimate of drug-likeness (QED) is 0.846. The van der Waals surface area contributed by atoms with Crippen molar-refractivity contribution < 1.29 is 9.53 Å². The zero-order valence-corrected chi connectivity index (χ0v) is 12.8. The number of nitrogens with zero attached hydrogens (tertiary/aromatic N) is 4. The van der Waals surface area contributed by atoms with Gasteiger partial charge in [-0.25, -0.2) is 14.8 Å². The highest BCUT2D eigenvalue weighted by atomic mass is 79.9. The fourth-order valence-corrected chi connectivity index (χ4v) is 3.79. The molecule has 2 saturated heterocycles. The summed E-state index contributed by atoms with van der Waals surface area (Å²) in [5, 5.41) is 0. The lowest BCUT2D eigenvalue weighted by molar-refractivity contribution is 0.150. The summed E-state index contributed by atoms with van der Waals surface area (Å²) in [6.07, 6.45) is 5.21. The number of imidazole rings is 1. The van der Waals surface area contributed by atoms with Crippen LogP contribution in [0.5, 0.6) is 0 Å². The summed E-state index contributed by atoms with van der Waals surface area (Å²) in [7, 11) is 0. The molecule has 4 rings (SSSR count). The fourth-order valence-electron chi connectivity index (χ4n) is 3.22. The zero-order valence-electron chi connectivity index (χ0n) is 11.2. The van der Waals surface area contributed by atoms with Crippen LogP contribution in [0.4, 0.5) is 10.6 Å². The van der Waals surface area contributed by atoms with Gasteiger partial charge in [0.1, 0.15) is 22.6 Å². The normalized spacial score (nSPS) is 25.2. The molecule has 0 aromatic carbocycles. The first kappa shape index (κ1) is 12.9. The van der Waals surface area contributed by atoms with Crippen LogP contribution >= 0.6 is 15.9 Å². The molecule has 1 amide bonds. The molecule has 0 bridgehead atoms. The topological polar surface area (TPSA) is 85.8 Å². The number of fused-ring (bicyclic) bond motifs is 2. The smallest absolute Gasteiger partial charge is 0.410 e. The highest BCUT2D eigenvalue weighted by molar-refractivity contribution is 9.10. The van der Waals surface area contributed by atoms with Crippen molar-refractivity contribution in [1.82, 2.24) is 19.3 Å². The van der Waals surface area contributed by atoms with Gasteiger partial charge in [-0.1, -0.05) is 0 Å². The summed E-state index contributed by atoms with van der Waals surface area (Å²) in [6, 6.07) is 0.218. The third kappa shape index (κ3) is 1.89. The molecular weight excluding hydrogens is 338 g/mol. The van der Waals surface area contributed by atoms with E-state index in [1.165, 1.54) is 0 Å². The molecule has 8 heteroatoms. The number of aromatic nitrogens is 3. The second kappa shape index (κ2) is 4.59. The number of hydrogen-bond donors (Lipinski definition) is 1. The lowest BCUT2D eigenvalue weighted by Crippen LogP contribution is -2.41. The third-order valence-electron chi connectivity index (χ3n) is 4.27. The van der Waals surface area contributed by atoms with Gasteiger partial charge >= 0.3 is 6.09 Å². The first-order valence-electron chi connectivity index (χ1n) is 6.86. The van der Waals surface area contributed by atoms with Crippen molar-refractivity contribution in [3.05, 3.63) is 22.8 Å². The third-order valence-corrected chi connectivity index (χ3v) is 4.83. The van der Waals surface area contributed by atoms with Crippen molar-refractivity contribution in [3.63, 3.8) is 0 Å². The molecule has 0 aliphatic carbocycles. The van der Waals surface area contributed by atoms with Crippen LogP contribution in [-0.2, 0) is 4.74 Å². The Morgan fingerprint density at radius 2 is 2.29 bits per heavy atom. The molecule has 2 N–H and O–H groups in total. The van der Waals surface area contributed by atoms with Crippen molar-refractivity contribution >= 4 is 33.4 Å². The highest BCUT2D eigenvalue weighted by Crippen LogP contribution is 2.35. The fraction of sp³-hybridized carbons (Fsp3) is 0.462. The number of nitrogen functional groups attached to an aromatic ring is 1. The number of carbonyl (C=O) groups is 1. The number of carbonyl (C=O) groups excluding carboxylic acids is 1. The highest BCUT2D eigenvalue weighted by Gasteiger charge is 2.39. The maximum absolute atomic E-state index is 11.7. The lowest BCUT2D eigenvalue weighted by atomic mass is 9.93. The van der Waals surface area contributed by atoms with Crippen molar-refractivity contribution in [2.24, 2.45) is 0 Å². The van der Waals surface area contributed by atoms with E-state index in [-0.39, 0.29) is 18.1 Å². The first-order valence-corrected chi connectivity index (χ1v) is 7.66. The molecule has 2 aromatic rings. The summed E-state index contributed by atoms with van der Waals surface area (Å²) in [6.45, 7) is 1.14. The molecule has 21 heavy (non-hydrogen) atoms. The number of nitrogens with two attached hydrogens (primary N) is 1. The van der Waals surface area contributed by atoms with Crippen molar-refractivity contribution in [2.45, 2.75) is 24.8 Å². The van der Waals surface area contributed by atoms with Crippen molar-refractivity contribution in [3.8, 4) is 0 Å². The Morgan fingerprint density at radius 1 is 1.43 bits per heavy atom.